The van der Waals surface area contributed by atoms with E-state index in [0.717, 1.165) is 12.1 Å². The van der Waals surface area contributed by atoms with Gasteiger partial charge in [0, 0.05) is 11.6 Å². The molecule has 1 N–H and O–H groups in total. The van der Waals surface area contributed by atoms with Crippen LogP contribution in [-0.4, -0.2) is 11.6 Å². The summed E-state index contributed by atoms with van der Waals surface area (Å²) in [5, 5.41) is 4.20. The normalized spacial score (nSPS) is 32.2. The number of amides is 1. The minimum atomic E-state index is 0.157. The Bertz CT molecular complexity index is 310. The summed E-state index contributed by atoms with van der Waals surface area (Å²) >= 11 is 0. The molecule has 3 heteroatoms. The summed E-state index contributed by atoms with van der Waals surface area (Å²) < 4.78 is 0. The molecule has 0 bridgehead atoms. The van der Waals surface area contributed by atoms with Crippen molar-refractivity contribution in [3.63, 3.8) is 0 Å². The van der Waals surface area contributed by atoms with E-state index in [1.807, 2.05) is 6.92 Å². The Balaban J connectivity index is 1.78. The molecular formula is C14H24N2O. The first kappa shape index (κ1) is 12.6. The topological polar surface area (TPSA) is 41.5 Å². The molecule has 3 nitrogen and oxygen atoms in total. The van der Waals surface area contributed by atoms with Gasteiger partial charge in [0.1, 0.15) is 0 Å². The molecule has 0 aromatic rings. The van der Waals surface area contributed by atoms with Crippen molar-refractivity contribution in [3.05, 3.63) is 0 Å². The van der Waals surface area contributed by atoms with Crippen molar-refractivity contribution in [2.75, 3.05) is 0 Å². The molecule has 2 aliphatic carbocycles. The van der Waals surface area contributed by atoms with Gasteiger partial charge in [0.15, 0.2) is 0 Å². The molecule has 2 aliphatic rings. The van der Waals surface area contributed by atoms with Crippen LogP contribution in [0.1, 0.15) is 52.9 Å². The third kappa shape index (κ3) is 3.08. The monoisotopic (exact) mass is 236 g/mol. The van der Waals surface area contributed by atoms with Crippen LogP contribution in [-0.2, 0) is 4.79 Å². The summed E-state index contributed by atoms with van der Waals surface area (Å²) in [6, 6.07) is 0. The van der Waals surface area contributed by atoms with Gasteiger partial charge in [-0.1, -0.05) is 26.7 Å². The number of carbonyl (C=O) groups excluding carboxylic acids is 1. The van der Waals surface area contributed by atoms with Crippen molar-refractivity contribution in [2.45, 2.75) is 52.9 Å². The van der Waals surface area contributed by atoms with Gasteiger partial charge in [-0.05, 0) is 43.9 Å². The van der Waals surface area contributed by atoms with Crippen LogP contribution < -0.4 is 5.43 Å². The largest absolute Gasteiger partial charge is 0.273 e. The van der Waals surface area contributed by atoms with E-state index in [2.05, 4.69) is 24.4 Å². The Morgan fingerprint density at radius 3 is 2.41 bits per heavy atom. The van der Waals surface area contributed by atoms with E-state index in [1.165, 1.54) is 25.7 Å². The highest BCUT2D eigenvalue weighted by molar-refractivity contribution is 5.86. The predicted molar refractivity (Wildman–Crippen MR) is 69.6 cm³/mol. The summed E-state index contributed by atoms with van der Waals surface area (Å²) in [4.78, 5) is 11.9. The third-order valence-corrected chi connectivity index (χ3v) is 4.02. The van der Waals surface area contributed by atoms with Gasteiger partial charge in [-0.25, -0.2) is 5.43 Å². The SMILES string of the molecule is C/C(CC(C)C)=N/NC(=O)C1[C@H]2CCCC[C@H]12. The average molecular weight is 236 g/mol. The summed E-state index contributed by atoms with van der Waals surface area (Å²) in [6.07, 6.45) is 6.06. The minimum absolute atomic E-state index is 0.157. The fourth-order valence-corrected chi connectivity index (χ4v) is 3.24. The molecule has 2 fully saturated rings. The molecule has 0 spiro atoms. The Hall–Kier alpha value is -0.860. The zero-order valence-corrected chi connectivity index (χ0v) is 11.2. The number of nitrogens with one attached hydrogen (secondary N) is 1. The highest BCUT2D eigenvalue weighted by Gasteiger charge is 2.54. The molecule has 0 unspecified atom stereocenters. The molecule has 0 aliphatic heterocycles. The molecule has 0 heterocycles. The average Bonchev–Trinajstić information content (AvgIpc) is 2.99. The van der Waals surface area contributed by atoms with E-state index >= 15 is 0 Å². The zero-order chi connectivity index (χ0) is 12.4. The van der Waals surface area contributed by atoms with E-state index < -0.39 is 0 Å². The van der Waals surface area contributed by atoms with Crippen LogP contribution in [0.5, 0.6) is 0 Å². The van der Waals surface area contributed by atoms with Gasteiger partial charge >= 0.3 is 0 Å². The molecular weight excluding hydrogens is 212 g/mol. The Labute approximate surface area is 104 Å². The number of fused-ring (bicyclic) bond motifs is 1. The van der Waals surface area contributed by atoms with E-state index in [4.69, 9.17) is 0 Å². The van der Waals surface area contributed by atoms with E-state index in [9.17, 15) is 4.79 Å². The van der Waals surface area contributed by atoms with Crippen molar-refractivity contribution >= 4 is 11.6 Å². The van der Waals surface area contributed by atoms with Crippen LogP contribution in [0, 0.1) is 23.7 Å². The maximum Gasteiger partial charge on any atom is 0.243 e. The first-order valence-corrected chi connectivity index (χ1v) is 6.92. The zero-order valence-electron chi connectivity index (χ0n) is 11.2. The lowest BCUT2D eigenvalue weighted by molar-refractivity contribution is -0.122. The van der Waals surface area contributed by atoms with Gasteiger partial charge < -0.3 is 0 Å². The molecule has 0 radical (unpaired) electrons. The molecule has 96 valence electrons. The molecule has 0 aromatic carbocycles. The number of nitrogens with zero attached hydrogens (tertiary/aromatic N) is 1. The lowest BCUT2D eigenvalue weighted by Gasteiger charge is -2.04. The fraction of sp³-hybridized carbons (Fsp3) is 0.857. The van der Waals surface area contributed by atoms with Gasteiger partial charge in [-0.2, -0.15) is 5.10 Å². The number of carbonyl (C=O) groups is 1. The number of rotatable bonds is 4. The van der Waals surface area contributed by atoms with Crippen molar-refractivity contribution in [1.82, 2.24) is 5.43 Å². The van der Waals surface area contributed by atoms with Crippen LogP contribution in [0.2, 0.25) is 0 Å². The molecule has 17 heavy (non-hydrogen) atoms. The fourth-order valence-electron chi connectivity index (χ4n) is 3.24. The van der Waals surface area contributed by atoms with E-state index in [0.29, 0.717) is 17.8 Å². The maximum absolute atomic E-state index is 11.9. The van der Waals surface area contributed by atoms with Crippen LogP contribution in [0.3, 0.4) is 0 Å². The molecule has 1 amide bonds. The molecule has 0 aromatic heterocycles. The lowest BCUT2D eigenvalue weighted by Crippen LogP contribution is -2.22. The van der Waals surface area contributed by atoms with Gasteiger partial charge in [0.05, 0.1) is 0 Å². The molecule has 2 atom stereocenters. The Morgan fingerprint density at radius 1 is 1.29 bits per heavy atom. The second-order valence-electron chi connectivity index (χ2n) is 6.06. The van der Waals surface area contributed by atoms with Crippen LogP contribution in [0.25, 0.3) is 0 Å². The number of hydrogen-bond donors (Lipinski definition) is 1. The molecule has 2 saturated carbocycles. The summed E-state index contributed by atoms with van der Waals surface area (Å²) in [5.41, 5.74) is 3.78. The Kier molecular flexibility index (Phi) is 3.85. The number of hydrogen-bond acceptors (Lipinski definition) is 2. The standard InChI is InChI=1S/C14H24N2O/c1-9(2)8-10(3)15-16-14(17)13-11-6-4-5-7-12(11)13/h9,11-13H,4-8H2,1-3H3,(H,16,17)/b15-10-/t11-,12-/m0/s1. The number of hydrazone groups is 1. The first-order chi connectivity index (χ1) is 8.09. The van der Waals surface area contributed by atoms with Gasteiger partial charge in [0.2, 0.25) is 5.91 Å². The van der Waals surface area contributed by atoms with Crippen molar-refractivity contribution < 1.29 is 4.79 Å². The van der Waals surface area contributed by atoms with Crippen molar-refractivity contribution in [1.29, 1.82) is 0 Å². The minimum Gasteiger partial charge on any atom is -0.273 e. The van der Waals surface area contributed by atoms with Crippen LogP contribution >= 0.6 is 0 Å². The summed E-state index contributed by atoms with van der Waals surface area (Å²) in [7, 11) is 0. The van der Waals surface area contributed by atoms with E-state index in [1.54, 1.807) is 0 Å². The summed E-state index contributed by atoms with van der Waals surface area (Å²) in [6.45, 7) is 6.31. The molecule has 0 saturated heterocycles. The molecule has 2 rings (SSSR count). The quantitative estimate of drug-likeness (QED) is 0.591. The second-order valence-corrected chi connectivity index (χ2v) is 6.06. The highest BCUT2D eigenvalue weighted by Crippen LogP contribution is 2.55. The lowest BCUT2D eigenvalue weighted by atomic mass is 10.0. The summed E-state index contributed by atoms with van der Waals surface area (Å²) in [5.74, 6) is 2.37. The van der Waals surface area contributed by atoms with Crippen molar-refractivity contribution in [3.8, 4) is 0 Å². The smallest absolute Gasteiger partial charge is 0.243 e. The van der Waals surface area contributed by atoms with Gasteiger partial charge in [0.25, 0.3) is 0 Å². The second kappa shape index (κ2) is 5.19. The predicted octanol–water partition coefficient (Wildman–Crippen LogP) is 2.96. The third-order valence-electron chi connectivity index (χ3n) is 4.02. The van der Waals surface area contributed by atoms with Gasteiger partial charge in [-0.15, -0.1) is 0 Å². The van der Waals surface area contributed by atoms with Gasteiger partial charge in [-0.3, -0.25) is 4.79 Å². The van der Waals surface area contributed by atoms with Crippen LogP contribution in [0.15, 0.2) is 5.10 Å². The van der Waals surface area contributed by atoms with Crippen LogP contribution in [0.4, 0.5) is 0 Å². The van der Waals surface area contributed by atoms with Crippen molar-refractivity contribution in [2.24, 2.45) is 28.8 Å². The highest BCUT2D eigenvalue weighted by atomic mass is 16.2. The Morgan fingerprint density at radius 2 is 1.88 bits per heavy atom. The van der Waals surface area contributed by atoms with E-state index in [-0.39, 0.29) is 11.8 Å². The first-order valence-electron chi connectivity index (χ1n) is 6.92. The maximum atomic E-state index is 11.9.